The van der Waals surface area contributed by atoms with Crippen molar-refractivity contribution in [1.29, 1.82) is 0 Å². The fourth-order valence-electron chi connectivity index (χ4n) is 4.37. The lowest BCUT2D eigenvalue weighted by molar-refractivity contribution is 0.0570. The molecule has 28 heavy (non-hydrogen) atoms. The predicted molar refractivity (Wildman–Crippen MR) is 100 cm³/mol. The largest absolute Gasteiger partial charge is 0.358 e. The number of halogens is 1. The van der Waals surface area contributed by atoms with Crippen molar-refractivity contribution in [3.63, 3.8) is 0 Å². The first-order chi connectivity index (χ1) is 13.6. The molecule has 1 fully saturated rings. The van der Waals surface area contributed by atoms with Gasteiger partial charge in [-0.05, 0) is 68.0 Å². The van der Waals surface area contributed by atoms with Gasteiger partial charge in [-0.2, -0.15) is 4.98 Å². The summed E-state index contributed by atoms with van der Waals surface area (Å²) >= 11 is 0. The molecule has 7 heteroatoms. The van der Waals surface area contributed by atoms with Crippen molar-refractivity contribution >= 4 is 5.91 Å². The highest BCUT2D eigenvalue weighted by Gasteiger charge is 2.37. The lowest BCUT2D eigenvalue weighted by Crippen LogP contribution is -2.45. The average Bonchev–Trinajstić information content (AvgIpc) is 3.32. The lowest BCUT2D eigenvalue weighted by Gasteiger charge is -2.37. The molecule has 5 rings (SSSR count). The number of aromatic nitrogens is 3. The second-order valence-electron chi connectivity index (χ2n) is 7.77. The van der Waals surface area contributed by atoms with E-state index in [0.717, 1.165) is 42.5 Å². The smallest absolute Gasteiger partial charge is 0.254 e. The Morgan fingerprint density at radius 3 is 2.96 bits per heavy atom. The minimum Gasteiger partial charge on any atom is -0.358 e. The molecule has 0 aliphatic carbocycles. The Morgan fingerprint density at radius 2 is 2.14 bits per heavy atom. The SMILES string of the molecule is Cc1c[nH]c(-c2noc(C3CCC4CCc5cc(F)ccc5C(=O)N4C3)n2)c1. The Morgan fingerprint density at radius 1 is 1.25 bits per heavy atom. The van der Waals surface area contributed by atoms with Crippen LogP contribution in [-0.4, -0.2) is 38.5 Å². The van der Waals surface area contributed by atoms with E-state index in [1.807, 2.05) is 24.1 Å². The molecule has 2 aliphatic rings. The third kappa shape index (κ3) is 2.91. The molecule has 1 amide bonds. The van der Waals surface area contributed by atoms with E-state index >= 15 is 0 Å². The quantitative estimate of drug-likeness (QED) is 0.733. The van der Waals surface area contributed by atoms with Gasteiger partial charge in [-0.25, -0.2) is 4.39 Å². The summed E-state index contributed by atoms with van der Waals surface area (Å²) < 4.78 is 19.1. The van der Waals surface area contributed by atoms with E-state index in [0.29, 0.717) is 23.8 Å². The summed E-state index contributed by atoms with van der Waals surface area (Å²) in [5, 5.41) is 4.10. The van der Waals surface area contributed by atoms with Crippen LogP contribution in [0.15, 0.2) is 35.0 Å². The fourth-order valence-corrected chi connectivity index (χ4v) is 4.37. The zero-order chi connectivity index (χ0) is 19.3. The van der Waals surface area contributed by atoms with Crippen molar-refractivity contribution in [2.45, 2.75) is 44.6 Å². The number of H-pyrrole nitrogens is 1. The molecule has 3 aromatic rings. The molecular formula is C21H21FN4O2. The van der Waals surface area contributed by atoms with Gasteiger partial charge in [-0.15, -0.1) is 0 Å². The van der Waals surface area contributed by atoms with Gasteiger partial charge in [0.1, 0.15) is 5.82 Å². The summed E-state index contributed by atoms with van der Waals surface area (Å²) in [5.41, 5.74) is 3.34. The van der Waals surface area contributed by atoms with Gasteiger partial charge in [0, 0.05) is 24.3 Å². The van der Waals surface area contributed by atoms with Crippen LogP contribution in [0.5, 0.6) is 0 Å². The molecule has 2 aromatic heterocycles. The van der Waals surface area contributed by atoms with E-state index in [4.69, 9.17) is 4.52 Å². The van der Waals surface area contributed by atoms with Gasteiger partial charge in [0.25, 0.3) is 5.91 Å². The van der Waals surface area contributed by atoms with E-state index in [9.17, 15) is 9.18 Å². The van der Waals surface area contributed by atoms with E-state index < -0.39 is 0 Å². The number of hydrogen-bond donors (Lipinski definition) is 1. The number of rotatable bonds is 2. The van der Waals surface area contributed by atoms with Crippen LogP contribution < -0.4 is 0 Å². The molecule has 2 unspecified atom stereocenters. The van der Waals surface area contributed by atoms with Crippen LogP contribution >= 0.6 is 0 Å². The Balaban J connectivity index is 1.40. The zero-order valence-corrected chi connectivity index (χ0v) is 15.6. The molecule has 2 atom stereocenters. The van der Waals surface area contributed by atoms with Gasteiger partial charge in [-0.3, -0.25) is 4.79 Å². The van der Waals surface area contributed by atoms with Crippen molar-refractivity contribution < 1.29 is 13.7 Å². The van der Waals surface area contributed by atoms with Crippen molar-refractivity contribution in [3.8, 4) is 11.5 Å². The Labute approximate surface area is 161 Å². The van der Waals surface area contributed by atoms with Crippen molar-refractivity contribution in [2.75, 3.05) is 6.54 Å². The van der Waals surface area contributed by atoms with Crippen LogP contribution in [0.2, 0.25) is 0 Å². The summed E-state index contributed by atoms with van der Waals surface area (Å²) in [5.74, 6) is 0.800. The predicted octanol–water partition coefficient (Wildman–Crippen LogP) is 3.85. The van der Waals surface area contributed by atoms with Crippen molar-refractivity contribution in [3.05, 3.63) is 58.9 Å². The number of nitrogens with zero attached hydrogens (tertiary/aromatic N) is 3. The van der Waals surface area contributed by atoms with Crippen LogP contribution in [0, 0.1) is 12.7 Å². The Hall–Kier alpha value is -2.96. The third-order valence-corrected chi connectivity index (χ3v) is 5.87. The summed E-state index contributed by atoms with van der Waals surface area (Å²) in [6, 6.07) is 6.61. The maximum Gasteiger partial charge on any atom is 0.254 e. The molecule has 0 bridgehead atoms. The number of nitrogens with one attached hydrogen (secondary N) is 1. The number of aromatic amines is 1. The number of carbonyl (C=O) groups is 1. The molecule has 0 saturated carbocycles. The minimum absolute atomic E-state index is 0.0134. The summed E-state index contributed by atoms with van der Waals surface area (Å²) in [6.45, 7) is 2.54. The Bertz CT molecular complexity index is 1040. The molecular weight excluding hydrogens is 359 g/mol. The summed E-state index contributed by atoms with van der Waals surface area (Å²) in [6.07, 6.45) is 5.25. The minimum atomic E-state index is -0.290. The third-order valence-electron chi connectivity index (χ3n) is 5.87. The first kappa shape index (κ1) is 17.2. The van der Waals surface area contributed by atoms with Crippen LogP contribution in [0.1, 0.15) is 52.6 Å². The topological polar surface area (TPSA) is 75.0 Å². The van der Waals surface area contributed by atoms with Gasteiger partial charge in [0.05, 0.1) is 11.6 Å². The molecule has 6 nitrogen and oxygen atoms in total. The molecule has 144 valence electrons. The number of amides is 1. The van der Waals surface area contributed by atoms with Gasteiger partial charge >= 0.3 is 0 Å². The monoisotopic (exact) mass is 380 g/mol. The van der Waals surface area contributed by atoms with E-state index in [1.54, 1.807) is 6.07 Å². The standard InChI is InChI=1S/C21H21FN4O2/c1-12-8-18(23-10-12)19-24-20(28-25-19)14-3-6-16-5-2-13-9-15(22)4-7-17(13)21(27)26(16)11-14/h4,7-10,14,16,23H,2-3,5-6,11H2,1H3. The maximum atomic E-state index is 13.6. The molecule has 4 heterocycles. The second kappa shape index (κ2) is 6.58. The number of piperidine rings is 1. The summed E-state index contributed by atoms with van der Waals surface area (Å²) in [7, 11) is 0. The number of aryl methyl sites for hydroxylation is 2. The molecule has 0 spiro atoms. The first-order valence-corrected chi connectivity index (χ1v) is 9.67. The number of benzene rings is 1. The Kier molecular flexibility index (Phi) is 4.03. The molecule has 2 aliphatic heterocycles. The van der Waals surface area contributed by atoms with Crippen molar-refractivity contribution in [1.82, 2.24) is 20.0 Å². The molecule has 1 N–H and O–H groups in total. The zero-order valence-electron chi connectivity index (χ0n) is 15.6. The number of hydrogen-bond acceptors (Lipinski definition) is 4. The highest BCUT2D eigenvalue weighted by Crippen LogP contribution is 2.35. The van der Waals surface area contributed by atoms with Gasteiger partial charge < -0.3 is 14.4 Å². The van der Waals surface area contributed by atoms with Crippen LogP contribution in [-0.2, 0) is 6.42 Å². The highest BCUT2D eigenvalue weighted by molar-refractivity contribution is 5.96. The van der Waals surface area contributed by atoms with E-state index in [-0.39, 0.29) is 23.7 Å². The van der Waals surface area contributed by atoms with Crippen LogP contribution in [0.4, 0.5) is 4.39 Å². The van der Waals surface area contributed by atoms with Gasteiger partial charge in [0.2, 0.25) is 11.7 Å². The molecule has 0 radical (unpaired) electrons. The van der Waals surface area contributed by atoms with Gasteiger partial charge in [-0.1, -0.05) is 5.16 Å². The van der Waals surface area contributed by atoms with Crippen LogP contribution in [0.3, 0.4) is 0 Å². The maximum absolute atomic E-state index is 13.6. The van der Waals surface area contributed by atoms with E-state index in [2.05, 4.69) is 15.1 Å². The molecule has 1 saturated heterocycles. The second-order valence-corrected chi connectivity index (χ2v) is 7.77. The highest BCUT2D eigenvalue weighted by atomic mass is 19.1. The fraction of sp³-hybridized carbons (Fsp3) is 0.381. The summed E-state index contributed by atoms with van der Waals surface area (Å²) in [4.78, 5) is 22.7. The lowest BCUT2D eigenvalue weighted by atomic mass is 9.90. The first-order valence-electron chi connectivity index (χ1n) is 9.67. The number of fused-ring (bicyclic) bond motifs is 2. The average molecular weight is 380 g/mol. The van der Waals surface area contributed by atoms with Gasteiger partial charge in [0.15, 0.2) is 0 Å². The molecule has 1 aromatic carbocycles. The number of carbonyl (C=O) groups excluding carboxylic acids is 1. The van der Waals surface area contributed by atoms with E-state index in [1.165, 1.54) is 12.1 Å². The normalized spacial score (nSPS) is 21.9. The van der Waals surface area contributed by atoms with Crippen LogP contribution in [0.25, 0.3) is 11.5 Å². The van der Waals surface area contributed by atoms with Crippen molar-refractivity contribution in [2.24, 2.45) is 0 Å².